The summed E-state index contributed by atoms with van der Waals surface area (Å²) < 4.78 is 0. The molecule has 0 radical (unpaired) electrons. The Morgan fingerprint density at radius 1 is 1.29 bits per heavy atom. The molecule has 0 atom stereocenters. The number of nitrogens with one attached hydrogen (secondary N) is 1. The van der Waals surface area contributed by atoms with E-state index >= 15 is 0 Å². The van der Waals surface area contributed by atoms with Gasteiger partial charge in [-0.2, -0.15) is 0 Å². The molecule has 0 saturated carbocycles. The van der Waals surface area contributed by atoms with E-state index in [9.17, 15) is 9.59 Å². The van der Waals surface area contributed by atoms with Crippen molar-refractivity contribution in [3.05, 3.63) is 29.8 Å². The second-order valence-electron chi connectivity index (χ2n) is 5.86. The van der Waals surface area contributed by atoms with Gasteiger partial charge in [-0.25, -0.2) is 0 Å². The highest BCUT2D eigenvalue weighted by Crippen LogP contribution is 2.26. The smallest absolute Gasteiger partial charge is 0.309 e. The molecule has 0 aliphatic heterocycles. The fraction of sp³-hybridized carbons (Fsp3) is 0.500. The van der Waals surface area contributed by atoms with E-state index in [4.69, 9.17) is 5.11 Å². The maximum absolute atomic E-state index is 12.2. The van der Waals surface area contributed by atoms with Gasteiger partial charge in [0.25, 0.3) is 5.91 Å². The molecule has 0 heterocycles. The molecular weight excluding hydrogens is 286 g/mol. The van der Waals surface area contributed by atoms with Crippen molar-refractivity contribution in [1.82, 2.24) is 5.32 Å². The summed E-state index contributed by atoms with van der Waals surface area (Å²) in [6.07, 6.45) is 0.396. The number of amides is 1. The van der Waals surface area contributed by atoms with Crippen LogP contribution in [0.3, 0.4) is 0 Å². The molecule has 0 spiro atoms. The van der Waals surface area contributed by atoms with Crippen LogP contribution in [0.1, 0.15) is 44.5 Å². The molecule has 0 saturated heterocycles. The van der Waals surface area contributed by atoms with Crippen molar-refractivity contribution in [2.24, 2.45) is 5.41 Å². The number of carbonyl (C=O) groups is 2. The Kier molecular flexibility index (Phi) is 6.27. The summed E-state index contributed by atoms with van der Waals surface area (Å²) in [4.78, 5) is 24.2. The molecule has 0 fully saturated rings. The lowest BCUT2D eigenvalue weighted by Gasteiger charge is -2.19. The lowest BCUT2D eigenvalue weighted by atomic mass is 9.90. The third-order valence-electron chi connectivity index (χ3n) is 3.11. The van der Waals surface area contributed by atoms with Gasteiger partial charge in [-0.1, -0.05) is 26.0 Å². The molecule has 21 heavy (non-hydrogen) atoms. The van der Waals surface area contributed by atoms with Gasteiger partial charge < -0.3 is 10.4 Å². The molecule has 0 aliphatic rings. The first-order valence-electron chi connectivity index (χ1n) is 7.01. The van der Waals surface area contributed by atoms with Gasteiger partial charge in [-0.15, -0.1) is 11.8 Å². The molecule has 1 amide bonds. The molecule has 1 rings (SSSR count). The van der Waals surface area contributed by atoms with E-state index in [-0.39, 0.29) is 5.91 Å². The van der Waals surface area contributed by atoms with Crippen molar-refractivity contribution >= 4 is 23.6 Å². The largest absolute Gasteiger partial charge is 0.481 e. The van der Waals surface area contributed by atoms with Crippen LogP contribution in [0.25, 0.3) is 0 Å². The summed E-state index contributed by atoms with van der Waals surface area (Å²) in [5.74, 6) is -1.01. The Morgan fingerprint density at radius 2 is 1.90 bits per heavy atom. The number of carboxylic acid groups (broad SMARTS) is 1. The predicted octanol–water partition coefficient (Wildman–Crippen LogP) is 3.42. The molecular formula is C16H23NO3S. The van der Waals surface area contributed by atoms with Crippen LogP contribution >= 0.6 is 11.8 Å². The van der Waals surface area contributed by atoms with E-state index < -0.39 is 11.4 Å². The zero-order valence-electron chi connectivity index (χ0n) is 13.0. The molecule has 0 unspecified atom stereocenters. The van der Waals surface area contributed by atoms with Gasteiger partial charge in [0.1, 0.15) is 0 Å². The van der Waals surface area contributed by atoms with Crippen molar-refractivity contribution in [2.75, 3.05) is 6.54 Å². The van der Waals surface area contributed by atoms with E-state index in [1.54, 1.807) is 31.7 Å². The summed E-state index contributed by atoms with van der Waals surface area (Å²) in [6, 6.07) is 7.47. The van der Waals surface area contributed by atoms with Crippen molar-refractivity contribution in [3.8, 4) is 0 Å². The Morgan fingerprint density at radius 3 is 2.48 bits per heavy atom. The number of hydrogen-bond donors (Lipinski definition) is 2. The highest BCUT2D eigenvalue weighted by atomic mass is 32.2. The minimum Gasteiger partial charge on any atom is -0.481 e. The summed E-state index contributed by atoms with van der Waals surface area (Å²) >= 11 is 1.64. The van der Waals surface area contributed by atoms with Crippen LogP contribution in [-0.2, 0) is 4.79 Å². The fourth-order valence-corrected chi connectivity index (χ4v) is 2.65. The van der Waals surface area contributed by atoms with Gasteiger partial charge in [0.05, 0.1) is 11.0 Å². The summed E-state index contributed by atoms with van der Waals surface area (Å²) in [5, 5.41) is 12.3. The maximum Gasteiger partial charge on any atom is 0.309 e. The topological polar surface area (TPSA) is 66.4 Å². The first kappa shape index (κ1) is 17.6. The van der Waals surface area contributed by atoms with E-state index in [0.717, 1.165) is 4.90 Å². The molecule has 5 heteroatoms. The number of benzene rings is 1. The number of thioether (sulfide) groups is 1. The average Bonchev–Trinajstić information content (AvgIpc) is 2.38. The third kappa shape index (κ3) is 5.42. The van der Waals surface area contributed by atoms with Crippen LogP contribution in [0.5, 0.6) is 0 Å². The van der Waals surface area contributed by atoms with Gasteiger partial charge in [0.2, 0.25) is 0 Å². The molecule has 116 valence electrons. The van der Waals surface area contributed by atoms with E-state index in [1.807, 2.05) is 18.2 Å². The normalized spacial score (nSPS) is 11.5. The summed E-state index contributed by atoms with van der Waals surface area (Å²) in [5.41, 5.74) is -0.191. The lowest BCUT2D eigenvalue weighted by molar-refractivity contribution is -0.147. The number of rotatable bonds is 7. The molecule has 1 aromatic rings. The highest BCUT2D eigenvalue weighted by molar-refractivity contribution is 8.00. The molecule has 1 aromatic carbocycles. The minimum absolute atomic E-state index is 0.153. The number of aliphatic carboxylic acids is 1. The van der Waals surface area contributed by atoms with Gasteiger partial charge in [-0.3, -0.25) is 9.59 Å². The second-order valence-corrected chi connectivity index (χ2v) is 7.48. The van der Waals surface area contributed by atoms with Crippen LogP contribution < -0.4 is 5.32 Å². The van der Waals surface area contributed by atoms with Crippen LogP contribution in [0.15, 0.2) is 29.2 Å². The van der Waals surface area contributed by atoms with Crippen molar-refractivity contribution in [1.29, 1.82) is 0 Å². The molecule has 4 nitrogen and oxygen atoms in total. The standard InChI is InChI=1S/C16H23NO3S/c1-11(2)21-13-8-6-5-7-12(13)14(18)17-10-9-16(3,4)15(19)20/h5-8,11H,9-10H2,1-4H3,(H,17,18)(H,19,20). The predicted molar refractivity (Wildman–Crippen MR) is 85.8 cm³/mol. The molecule has 0 bridgehead atoms. The van der Waals surface area contributed by atoms with Crippen LogP contribution in [-0.4, -0.2) is 28.8 Å². The first-order chi connectivity index (χ1) is 9.74. The SMILES string of the molecule is CC(C)Sc1ccccc1C(=O)NCCC(C)(C)C(=O)O. The van der Waals surface area contributed by atoms with Gasteiger partial charge in [0.15, 0.2) is 0 Å². The van der Waals surface area contributed by atoms with E-state index in [0.29, 0.717) is 23.8 Å². The van der Waals surface area contributed by atoms with Crippen LogP contribution in [0.2, 0.25) is 0 Å². The Labute approximate surface area is 130 Å². The fourth-order valence-electron chi connectivity index (χ4n) is 1.70. The number of carboxylic acids is 1. The molecule has 2 N–H and O–H groups in total. The zero-order chi connectivity index (χ0) is 16.0. The quantitative estimate of drug-likeness (QED) is 0.757. The third-order valence-corrected chi connectivity index (χ3v) is 4.19. The van der Waals surface area contributed by atoms with E-state index in [1.165, 1.54) is 0 Å². The monoisotopic (exact) mass is 309 g/mol. The zero-order valence-corrected chi connectivity index (χ0v) is 13.8. The van der Waals surface area contributed by atoms with Gasteiger partial charge >= 0.3 is 5.97 Å². The number of carbonyl (C=O) groups excluding carboxylic acids is 1. The summed E-state index contributed by atoms with van der Waals surface area (Å²) in [7, 11) is 0. The lowest BCUT2D eigenvalue weighted by Crippen LogP contribution is -2.32. The second kappa shape index (κ2) is 7.50. The first-order valence-corrected chi connectivity index (χ1v) is 7.89. The van der Waals surface area contributed by atoms with Gasteiger partial charge in [0, 0.05) is 16.7 Å². The Bertz CT molecular complexity index is 512. The molecule has 0 aromatic heterocycles. The Hall–Kier alpha value is -1.49. The van der Waals surface area contributed by atoms with Crippen molar-refractivity contribution in [2.45, 2.75) is 44.3 Å². The van der Waals surface area contributed by atoms with Crippen LogP contribution in [0.4, 0.5) is 0 Å². The highest BCUT2D eigenvalue weighted by Gasteiger charge is 2.26. The van der Waals surface area contributed by atoms with Crippen molar-refractivity contribution < 1.29 is 14.7 Å². The summed E-state index contributed by atoms with van der Waals surface area (Å²) in [6.45, 7) is 7.82. The maximum atomic E-state index is 12.2. The number of hydrogen-bond acceptors (Lipinski definition) is 3. The van der Waals surface area contributed by atoms with Gasteiger partial charge in [-0.05, 0) is 32.4 Å². The molecule has 0 aliphatic carbocycles. The van der Waals surface area contributed by atoms with Crippen LogP contribution in [0, 0.1) is 5.41 Å². The van der Waals surface area contributed by atoms with E-state index in [2.05, 4.69) is 19.2 Å². The average molecular weight is 309 g/mol. The Balaban J connectivity index is 2.66. The van der Waals surface area contributed by atoms with Crippen molar-refractivity contribution in [3.63, 3.8) is 0 Å². The minimum atomic E-state index is -0.854.